The maximum atomic E-state index is 3.47. The van der Waals surface area contributed by atoms with Crippen molar-refractivity contribution >= 4 is 27.0 Å². The predicted octanol–water partition coefficient (Wildman–Crippen LogP) is -0.841. The van der Waals surface area contributed by atoms with Crippen molar-refractivity contribution in [2.75, 3.05) is 7.05 Å². The van der Waals surface area contributed by atoms with Gasteiger partial charge in [-0.1, -0.05) is 37.2 Å². The molecule has 3 nitrogen and oxygen atoms in total. The molecule has 69 valence electrons. The maximum Gasteiger partial charge on any atom is 0.322 e. The maximum absolute atomic E-state index is 3.47. The van der Waals surface area contributed by atoms with Gasteiger partial charge in [-0.15, -0.1) is 0 Å². The van der Waals surface area contributed by atoms with E-state index in [1.807, 2.05) is 13.6 Å². The highest BCUT2D eigenvalue weighted by Crippen LogP contribution is 1.93. The number of nitrogens with one attached hydrogen (secondary N) is 2. The lowest BCUT2D eigenvalue weighted by Gasteiger charge is -2.33. The van der Waals surface area contributed by atoms with Gasteiger partial charge in [-0.25, -0.2) is 0 Å². The third kappa shape index (κ3) is 2.03. The first-order chi connectivity index (χ1) is 6.77. The molecule has 1 radical (unpaired) electrons. The molecule has 0 saturated carbocycles. The minimum absolute atomic E-state index is 0.271. The van der Waals surface area contributed by atoms with E-state index in [0.29, 0.717) is 6.98 Å². The zero-order valence-corrected chi connectivity index (χ0v) is 8.57. The fraction of sp³-hybridized carbons (Fsp3) is 0.250. The van der Waals surface area contributed by atoms with Gasteiger partial charge >= 0.3 is 6.98 Å². The minimum Gasteiger partial charge on any atom is -0.375 e. The van der Waals surface area contributed by atoms with Crippen molar-refractivity contribution < 1.29 is 0 Å². The quantitative estimate of drug-likeness (QED) is 0.556. The molecule has 0 spiro atoms. The van der Waals surface area contributed by atoms with Gasteiger partial charge in [0.15, 0.2) is 0 Å². The Morgan fingerprint density at radius 2 is 2.00 bits per heavy atom. The van der Waals surface area contributed by atoms with Gasteiger partial charge in [0.1, 0.15) is 0 Å². The molecule has 0 amide bonds. The van der Waals surface area contributed by atoms with Crippen LogP contribution in [0.5, 0.6) is 0 Å². The lowest BCUT2D eigenvalue weighted by atomic mass is 9.52. The number of nitrogens with zero attached hydrogens (tertiary/aromatic N) is 1. The van der Waals surface area contributed by atoms with E-state index in [-0.39, 0.29) is 6.98 Å². The van der Waals surface area contributed by atoms with Crippen LogP contribution >= 0.6 is 0 Å². The summed E-state index contributed by atoms with van der Waals surface area (Å²) in [6, 6.07) is 10.5. The average molecular weight is 184 g/mol. The molecule has 0 aliphatic carbocycles. The van der Waals surface area contributed by atoms with Crippen LogP contribution in [0.25, 0.3) is 0 Å². The normalized spacial score (nSPS) is 18.1. The fourth-order valence-corrected chi connectivity index (χ4v) is 1.67. The molecule has 14 heavy (non-hydrogen) atoms. The highest BCUT2D eigenvalue weighted by atomic mass is 15.1. The van der Waals surface area contributed by atoms with E-state index in [1.165, 1.54) is 5.46 Å². The van der Waals surface area contributed by atoms with Crippen molar-refractivity contribution in [1.82, 2.24) is 15.0 Å². The van der Waals surface area contributed by atoms with Crippen LogP contribution in [0.4, 0.5) is 0 Å². The highest BCUT2D eigenvalue weighted by molar-refractivity contribution is 6.87. The molecule has 0 atom stereocenters. The molecule has 1 aromatic rings. The minimum atomic E-state index is 0.271. The van der Waals surface area contributed by atoms with E-state index in [1.54, 1.807) is 0 Å². The molecule has 6 heteroatoms. The molecule has 1 saturated heterocycles. The van der Waals surface area contributed by atoms with Crippen molar-refractivity contribution in [2.45, 2.75) is 6.82 Å². The van der Waals surface area contributed by atoms with Crippen molar-refractivity contribution in [3.8, 4) is 0 Å². The van der Waals surface area contributed by atoms with Gasteiger partial charge in [0, 0.05) is 0 Å². The third-order valence-electron chi connectivity index (χ3n) is 2.46. The molecule has 1 aliphatic rings. The van der Waals surface area contributed by atoms with E-state index < -0.39 is 0 Å². The predicted molar refractivity (Wildman–Crippen MR) is 63.2 cm³/mol. The first-order valence-electron chi connectivity index (χ1n) is 4.90. The summed E-state index contributed by atoms with van der Waals surface area (Å²) in [5.74, 6) is 0. The van der Waals surface area contributed by atoms with Gasteiger partial charge in [-0.3, -0.25) is 0 Å². The van der Waals surface area contributed by atoms with Crippen LogP contribution < -0.4 is 15.7 Å². The highest BCUT2D eigenvalue weighted by Gasteiger charge is 2.30. The smallest absolute Gasteiger partial charge is 0.322 e. The van der Waals surface area contributed by atoms with Gasteiger partial charge < -0.3 is 15.0 Å². The van der Waals surface area contributed by atoms with Crippen LogP contribution in [-0.2, 0) is 0 Å². The van der Waals surface area contributed by atoms with Gasteiger partial charge in [0.25, 0.3) is 14.5 Å². The molecular formula is C8H13B3N3. The molecule has 1 heterocycles. The van der Waals surface area contributed by atoms with Crippen LogP contribution in [0.15, 0.2) is 30.3 Å². The second kappa shape index (κ2) is 4.21. The topological polar surface area (TPSA) is 27.3 Å². The van der Waals surface area contributed by atoms with Crippen molar-refractivity contribution in [2.24, 2.45) is 0 Å². The Hall–Kier alpha value is -0.705. The number of hydrogen-bond acceptors (Lipinski definition) is 3. The molecule has 1 aromatic carbocycles. The largest absolute Gasteiger partial charge is 0.375 e. The second-order valence-electron chi connectivity index (χ2n) is 3.66. The molecule has 2 N–H and O–H groups in total. The molecule has 0 aromatic heterocycles. The Labute approximate surface area is 86.8 Å². The number of hydrogen-bond donors (Lipinski definition) is 2. The van der Waals surface area contributed by atoms with E-state index in [2.05, 4.69) is 53.1 Å². The van der Waals surface area contributed by atoms with Crippen molar-refractivity contribution in [1.29, 1.82) is 0 Å². The van der Waals surface area contributed by atoms with Crippen LogP contribution in [0, 0.1) is 0 Å². The van der Waals surface area contributed by atoms with Crippen molar-refractivity contribution in [3.05, 3.63) is 30.3 Å². The summed E-state index contributed by atoms with van der Waals surface area (Å²) in [4.78, 5) is 0. The van der Waals surface area contributed by atoms with Crippen LogP contribution in [0.2, 0.25) is 6.82 Å². The van der Waals surface area contributed by atoms with Crippen LogP contribution in [0.3, 0.4) is 0 Å². The van der Waals surface area contributed by atoms with Crippen molar-refractivity contribution in [3.63, 3.8) is 0 Å². The monoisotopic (exact) mass is 184 g/mol. The summed E-state index contributed by atoms with van der Waals surface area (Å²) >= 11 is 0. The van der Waals surface area contributed by atoms with Gasteiger partial charge in [-0.2, -0.15) is 0 Å². The summed E-state index contributed by atoms with van der Waals surface area (Å²) in [5.41, 5.74) is 1.29. The van der Waals surface area contributed by atoms with E-state index in [0.717, 1.165) is 0 Å². The Morgan fingerprint density at radius 1 is 1.29 bits per heavy atom. The van der Waals surface area contributed by atoms with Gasteiger partial charge in [-0.05, 0) is 12.5 Å². The summed E-state index contributed by atoms with van der Waals surface area (Å²) < 4.78 is 2.13. The zero-order chi connectivity index (χ0) is 9.97. The lowest BCUT2D eigenvalue weighted by molar-refractivity contribution is 0.790. The second-order valence-corrected chi connectivity index (χ2v) is 3.66. The average Bonchev–Trinajstić information content (AvgIpc) is 2.23. The first-order valence-corrected chi connectivity index (χ1v) is 4.90. The lowest BCUT2D eigenvalue weighted by Crippen LogP contribution is -2.72. The molecule has 0 bridgehead atoms. The molecular weight excluding hydrogens is 171 g/mol. The molecule has 1 fully saturated rings. The van der Waals surface area contributed by atoms with Crippen LogP contribution in [0.1, 0.15) is 0 Å². The Morgan fingerprint density at radius 3 is 2.71 bits per heavy atom. The third-order valence-corrected chi connectivity index (χ3v) is 2.46. The first kappa shape index (κ1) is 9.83. The molecule has 0 unspecified atom stereocenters. The SMILES string of the molecule is CB1N[B]N(C)B(c2ccccc2)N1. The van der Waals surface area contributed by atoms with E-state index in [4.69, 9.17) is 0 Å². The number of rotatable bonds is 1. The fourth-order valence-electron chi connectivity index (χ4n) is 1.67. The number of benzene rings is 1. The molecule has 2 rings (SSSR count). The van der Waals surface area contributed by atoms with Crippen LogP contribution in [-0.4, -0.2) is 33.3 Å². The Kier molecular flexibility index (Phi) is 2.96. The summed E-state index contributed by atoms with van der Waals surface area (Å²) in [6.45, 7) is 2.70. The Bertz CT molecular complexity index is 295. The van der Waals surface area contributed by atoms with E-state index >= 15 is 0 Å². The standard InChI is InChI=1S/C8H13B3N3/c1-10-12-9-14(2)11(13-10)8-6-4-3-5-7-8/h3-7,12-13H,1-2H3. The van der Waals surface area contributed by atoms with E-state index in [9.17, 15) is 0 Å². The summed E-state index contributed by atoms with van der Waals surface area (Å²) in [6.07, 6.45) is 0. The molecule has 1 aliphatic heterocycles. The zero-order valence-electron chi connectivity index (χ0n) is 8.57. The Balaban J connectivity index is 2.16. The summed E-state index contributed by atoms with van der Waals surface area (Å²) in [7, 11) is 4.07. The van der Waals surface area contributed by atoms with Gasteiger partial charge in [0.05, 0.1) is 0 Å². The summed E-state index contributed by atoms with van der Waals surface area (Å²) in [5, 5.41) is 6.69. The van der Waals surface area contributed by atoms with Gasteiger partial charge in [0.2, 0.25) is 0 Å².